The van der Waals surface area contributed by atoms with Gasteiger partial charge in [-0.25, -0.2) is 0 Å². The second-order valence-electron chi connectivity index (χ2n) is 6.92. The molecule has 0 N–H and O–H groups in total. The summed E-state index contributed by atoms with van der Waals surface area (Å²) < 4.78 is 0. The number of fused-ring (bicyclic) bond motifs is 3. The van der Waals surface area contributed by atoms with Gasteiger partial charge in [0.25, 0.3) is 0 Å². The fraction of sp³-hybridized carbons (Fsp3) is 0.800. The third-order valence-corrected chi connectivity index (χ3v) is 5.90. The monoisotopic (exact) mass is 218 g/mol. The lowest BCUT2D eigenvalue weighted by molar-refractivity contribution is -0.117. The maximum absolute atomic E-state index is 12.1. The molecule has 0 spiro atoms. The van der Waals surface area contributed by atoms with Crippen LogP contribution < -0.4 is 0 Å². The van der Waals surface area contributed by atoms with E-state index in [0.717, 1.165) is 12.3 Å². The molecule has 3 aliphatic carbocycles. The van der Waals surface area contributed by atoms with E-state index in [-0.39, 0.29) is 5.41 Å². The second-order valence-corrected chi connectivity index (χ2v) is 6.92. The minimum atomic E-state index is 0.246. The van der Waals surface area contributed by atoms with E-state index in [1.54, 1.807) is 0 Å². The van der Waals surface area contributed by atoms with Crippen LogP contribution in [0.1, 0.15) is 47.0 Å². The summed E-state index contributed by atoms with van der Waals surface area (Å²) in [4.78, 5) is 12.1. The van der Waals surface area contributed by atoms with Gasteiger partial charge in [-0.3, -0.25) is 4.79 Å². The van der Waals surface area contributed by atoms with Gasteiger partial charge >= 0.3 is 0 Å². The average Bonchev–Trinajstić information content (AvgIpc) is 2.77. The quantitative estimate of drug-likeness (QED) is 0.607. The van der Waals surface area contributed by atoms with Gasteiger partial charge in [0.15, 0.2) is 5.78 Å². The van der Waals surface area contributed by atoms with Crippen molar-refractivity contribution in [2.75, 3.05) is 0 Å². The third kappa shape index (κ3) is 1.00. The molecule has 0 aromatic heterocycles. The third-order valence-electron chi connectivity index (χ3n) is 5.90. The molecule has 0 heterocycles. The van der Waals surface area contributed by atoms with Crippen LogP contribution in [0.25, 0.3) is 0 Å². The number of carbonyl (C=O) groups is 1. The summed E-state index contributed by atoms with van der Waals surface area (Å²) in [5, 5.41) is 0. The molecule has 88 valence electrons. The van der Waals surface area contributed by atoms with Crippen LogP contribution in [-0.4, -0.2) is 5.78 Å². The van der Waals surface area contributed by atoms with Crippen molar-refractivity contribution in [1.82, 2.24) is 0 Å². The van der Waals surface area contributed by atoms with Crippen LogP contribution in [0.5, 0.6) is 0 Å². The molecule has 1 heteroatoms. The molecular weight excluding hydrogens is 196 g/mol. The highest BCUT2D eigenvalue weighted by Crippen LogP contribution is 2.73. The molecule has 0 aliphatic heterocycles. The Hall–Kier alpha value is -0.590. The van der Waals surface area contributed by atoms with Crippen molar-refractivity contribution in [1.29, 1.82) is 0 Å². The Morgan fingerprint density at radius 3 is 2.69 bits per heavy atom. The van der Waals surface area contributed by atoms with Gasteiger partial charge in [-0.05, 0) is 48.0 Å². The van der Waals surface area contributed by atoms with Crippen LogP contribution in [0.2, 0.25) is 0 Å². The minimum absolute atomic E-state index is 0.246. The Morgan fingerprint density at radius 2 is 2.00 bits per heavy atom. The molecule has 4 atom stereocenters. The lowest BCUT2D eigenvalue weighted by Crippen LogP contribution is -2.38. The first-order valence-corrected chi connectivity index (χ1v) is 6.65. The number of allylic oxidation sites excluding steroid dienone is 2. The maximum atomic E-state index is 12.1. The average molecular weight is 218 g/mol. The fourth-order valence-corrected chi connectivity index (χ4v) is 4.77. The fourth-order valence-electron chi connectivity index (χ4n) is 4.77. The molecule has 3 aliphatic rings. The zero-order valence-electron chi connectivity index (χ0n) is 10.8. The van der Waals surface area contributed by atoms with Gasteiger partial charge in [0.2, 0.25) is 0 Å². The Kier molecular flexibility index (Phi) is 1.85. The molecule has 2 fully saturated rings. The van der Waals surface area contributed by atoms with Gasteiger partial charge in [-0.15, -0.1) is 0 Å². The molecule has 16 heavy (non-hydrogen) atoms. The zero-order valence-corrected chi connectivity index (χ0v) is 10.8. The van der Waals surface area contributed by atoms with Crippen molar-refractivity contribution in [2.24, 2.45) is 28.6 Å². The number of hydrogen-bond donors (Lipinski definition) is 0. The molecule has 0 aromatic carbocycles. The zero-order chi connectivity index (χ0) is 11.7. The topological polar surface area (TPSA) is 17.1 Å². The summed E-state index contributed by atoms with van der Waals surface area (Å²) in [6, 6.07) is 0. The predicted molar refractivity (Wildman–Crippen MR) is 65.0 cm³/mol. The Morgan fingerprint density at radius 1 is 1.31 bits per heavy atom. The van der Waals surface area contributed by atoms with Gasteiger partial charge < -0.3 is 0 Å². The van der Waals surface area contributed by atoms with Crippen molar-refractivity contribution in [3.8, 4) is 0 Å². The normalized spacial score (nSPS) is 49.1. The highest BCUT2D eigenvalue weighted by atomic mass is 16.1. The van der Waals surface area contributed by atoms with Crippen LogP contribution >= 0.6 is 0 Å². The van der Waals surface area contributed by atoms with Gasteiger partial charge in [0.1, 0.15) is 0 Å². The summed E-state index contributed by atoms with van der Waals surface area (Å²) in [5.74, 6) is 2.09. The number of rotatable bonds is 0. The Labute approximate surface area is 98.3 Å². The molecule has 0 bridgehead atoms. The van der Waals surface area contributed by atoms with E-state index >= 15 is 0 Å². The van der Waals surface area contributed by atoms with Gasteiger partial charge in [0, 0.05) is 5.92 Å². The van der Waals surface area contributed by atoms with E-state index in [4.69, 9.17) is 0 Å². The van der Waals surface area contributed by atoms with Crippen molar-refractivity contribution in [3.05, 3.63) is 11.6 Å². The first kappa shape index (κ1) is 10.6. The van der Waals surface area contributed by atoms with Gasteiger partial charge in [0.05, 0.1) is 0 Å². The summed E-state index contributed by atoms with van der Waals surface area (Å²) in [7, 11) is 0. The molecule has 0 unspecified atom stereocenters. The number of ketones is 1. The number of hydrogen-bond acceptors (Lipinski definition) is 1. The van der Waals surface area contributed by atoms with Crippen molar-refractivity contribution >= 4 is 5.78 Å². The maximum Gasteiger partial charge on any atom is 0.159 e. The van der Waals surface area contributed by atoms with E-state index in [9.17, 15) is 4.79 Å². The van der Waals surface area contributed by atoms with E-state index in [0.29, 0.717) is 23.0 Å². The largest absolute Gasteiger partial charge is 0.295 e. The molecule has 0 aromatic rings. The molecule has 0 saturated heterocycles. The van der Waals surface area contributed by atoms with Crippen LogP contribution in [-0.2, 0) is 4.79 Å². The first-order valence-electron chi connectivity index (χ1n) is 6.65. The summed E-state index contributed by atoms with van der Waals surface area (Å²) in [6.07, 6.45) is 5.77. The van der Waals surface area contributed by atoms with Crippen molar-refractivity contribution in [2.45, 2.75) is 47.0 Å². The van der Waals surface area contributed by atoms with Gasteiger partial charge in [-0.1, -0.05) is 33.3 Å². The van der Waals surface area contributed by atoms with E-state index in [1.807, 2.05) is 6.08 Å². The lowest BCUT2D eigenvalue weighted by atomic mass is 9.59. The molecule has 2 saturated carbocycles. The molecular formula is C15H22O. The minimum Gasteiger partial charge on any atom is -0.295 e. The Bertz CT molecular complexity index is 390. The van der Waals surface area contributed by atoms with Crippen LogP contribution in [0, 0.1) is 28.6 Å². The lowest BCUT2D eigenvalue weighted by Gasteiger charge is -2.45. The first-order chi connectivity index (χ1) is 7.40. The molecule has 3 rings (SSSR count). The molecule has 1 nitrogen and oxygen atoms in total. The summed E-state index contributed by atoms with van der Waals surface area (Å²) in [5.41, 5.74) is 2.03. The second kappa shape index (κ2) is 2.80. The summed E-state index contributed by atoms with van der Waals surface area (Å²) >= 11 is 0. The van der Waals surface area contributed by atoms with E-state index in [2.05, 4.69) is 27.7 Å². The van der Waals surface area contributed by atoms with Crippen LogP contribution in [0.15, 0.2) is 11.6 Å². The molecule has 0 amide bonds. The predicted octanol–water partition coefficient (Wildman–Crippen LogP) is 3.59. The van der Waals surface area contributed by atoms with Crippen LogP contribution in [0.3, 0.4) is 0 Å². The Balaban J connectivity index is 2.10. The molecule has 0 radical (unpaired) electrons. The summed E-state index contributed by atoms with van der Waals surface area (Å²) in [6.45, 7) is 9.36. The van der Waals surface area contributed by atoms with Crippen molar-refractivity contribution < 1.29 is 4.79 Å². The van der Waals surface area contributed by atoms with E-state index < -0.39 is 0 Å². The highest BCUT2D eigenvalue weighted by molar-refractivity contribution is 5.97. The number of carbonyl (C=O) groups excluding carboxylic acids is 1. The van der Waals surface area contributed by atoms with Crippen molar-refractivity contribution in [3.63, 3.8) is 0 Å². The van der Waals surface area contributed by atoms with E-state index in [1.165, 1.54) is 18.4 Å². The standard InChI is InChI=1S/C15H22O/c1-9-6-5-7-10-8-11(16)12-13(14(12,2)3)15(9,10)4/h8-9,12-13H,5-7H2,1-4H3/t9-,12-,13+,15+/m0/s1. The van der Waals surface area contributed by atoms with Crippen LogP contribution in [0.4, 0.5) is 0 Å². The smallest absolute Gasteiger partial charge is 0.159 e. The SMILES string of the molecule is C[C@H]1CCCC2=CC(=O)[C@H]3[C@H](C3(C)C)[C@@]21C. The van der Waals surface area contributed by atoms with Gasteiger partial charge in [-0.2, -0.15) is 0 Å². The highest BCUT2D eigenvalue weighted by Gasteiger charge is 2.71.